The molecule has 0 unspecified atom stereocenters. The van der Waals surface area contributed by atoms with Gasteiger partial charge in [0.05, 0.1) is 0 Å². The second kappa shape index (κ2) is 6.92. The molecule has 1 aromatic rings. The van der Waals surface area contributed by atoms with E-state index in [2.05, 4.69) is 39.4 Å². The number of fused-ring (bicyclic) bond motifs is 2. The van der Waals surface area contributed by atoms with E-state index >= 15 is 0 Å². The van der Waals surface area contributed by atoms with E-state index in [0.29, 0.717) is 0 Å². The molecule has 0 aliphatic carbocycles. The number of hydrogen-bond donors (Lipinski definition) is 1. The first kappa shape index (κ1) is 15.6. The zero-order valence-corrected chi connectivity index (χ0v) is 14.4. The van der Waals surface area contributed by atoms with Crippen LogP contribution in [-0.2, 0) is 12.0 Å². The maximum Gasteiger partial charge on any atom is 0.0461 e. The maximum absolute atomic E-state index is 3.88. The van der Waals surface area contributed by atoms with E-state index in [0.717, 1.165) is 6.54 Å². The van der Waals surface area contributed by atoms with Crippen LogP contribution < -0.4 is 5.32 Å². The minimum Gasteiger partial charge on any atom is -0.307 e. The largest absolute Gasteiger partial charge is 0.307 e. The average Bonchev–Trinajstić information content (AvgIpc) is 2.63. The summed E-state index contributed by atoms with van der Waals surface area (Å²) in [5, 5.41) is 3.88. The van der Waals surface area contributed by atoms with Crippen molar-refractivity contribution in [3.63, 3.8) is 0 Å². The van der Waals surface area contributed by atoms with Crippen LogP contribution in [0.25, 0.3) is 0 Å². The lowest BCUT2D eigenvalue weighted by Gasteiger charge is -2.46. The van der Waals surface area contributed by atoms with Crippen molar-refractivity contribution in [2.24, 2.45) is 0 Å². The summed E-state index contributed by atoms with van der Waals surface area (Å²) >= 11 is 0. The number of nitrogens with zero attached hydrogens (tertiary/aromatic N) is 2. The molecule has 0 bridgehead atoms. The summed E-state index contributed by atoms with van der Waals surface area (Å²) in [6.45, 7) is 8.82. The third kappa shape index (κ3) is 3.33. The minimum atomic E-state index is 0.260. The summed E-state index contributed by atoms with van der Waals surface area (Å²) in [5.74, 6) is 0. The van der Waals surface area contributed by atoms with Crippen LogP contribution in [0.1, 0.15) is 43.2 Å². The second-order valence-electron chi connectivity index (χ2n) is 7.66. The molecule has 0 saturated carbocycles. The van der Waals surface area contributed by atoms with Crippen LogP contribution in [0.15, 0.2) is 24.3 Å². The molecule has 3 heterocycles. The molecule has 2 fully saturated rings. The topological polar surface area (TPSA) is 18.5 Å². The van der Waals surface area contributed by atoms with Crippen molar-refractivity contribution in [2.75, 3.05) is 45.8 Å². The van der Waals surface area contributed by atoms with Crippen LogP contribution >= 0.6 is 0 Å². The lowest BCUT2D eigenvalue weighted by molar-refractivity contribution is 0.111. The van der Waals surface area contributed by atoms with E-state index in [1.165, 1.54) is 77.8 Å². The Morgan fingerprint density at radius 1 is 0.870 bits per heavy atom. The van der Waals surface area contributed by atoms with Crippen molar-refractivity contribution in [1.82, 2.24) is 15.1 Å². The van der Waals surface area contributed by atoms with E-state index in [9.17, 15) is 0 Å². The molecule has 0 amide bonds. The number of hydrogen-bond acceptors (Lipinski definition) is 3. The van der Waals surface area contributed by atoms with Gasteiger partial charge in [0.15, 0.2) is 0 Å². The molecule has 3 heteroatoms. The molecule has 1 spiro atoms. The maximum atomic E-state index is 3.88. The second-order valence-corrected chi connectivity index (χ2v) is 7.66. The Morgan fingerprint density at radius 3 is 2.35 bits per heavy atom. The highest BCUT2D eigenvalue weighted by Gasteiger charge is 2.38. The van der Waals surface area contributed by atoms with Crippen molar-refractivity contribution < 1.29 is 0 Å². The van der Waals surface area contributed by atoms with Crippen LogP contribution in [0.2, 0.25) is 0 Å². The van der Waals surface area contributed by atoms with E-state index < -0.39 is 0 Å². The normalized spacial score (nSPS) is 25.4. The molecule has 3 aliphatic rings. The summed E-state index contributed by atoms with van der Waals surface area (Å²) in [5.41, 5.74) is 3.42. The lowest BCUT2D eigenvalue weighted by Crippen LogP contribution is -2.54. The highest BCUT2D eigenvalue weighted by Crippen LogP contribution is 2.37. The van der Waals surface area contributed by atoms with Crippen LogP contribution in [0.3, 0.4) is 0 Å². The van der Waals surface area contributed by atoms with E-state index in [4.69, 9.17) is 0 Å². The summed E-state index contributed by atoms with van der Waals surface area (Å²) in [4.78, 5) is 5.36. The lowest BCUT2D eigenvalue weighted by atomic mass is 9.76. The van der Waals surface area contributed by atoms with Gasteiger partial charge in [-0.3, -0.25) is 0 Å². The SMILES string of the molecule is c1ccc2c(c1)CCNC21CCN(CCN2CCCCC2)CC1. The quantitative estimate of drug-likeness (QED) is 0.925. The zero-order chi connectivity index (χ0) is 15.5. The molecule has 4 rings (SSSR count). The van der Waals surface area contributed by atoms with E-state index in [1.807, 2.05) is 0 Å². The van der Waals surface area contributed by atoms with Gasteiger partial charge in [-0.05, 0) is 56.3 Å². The van der Waals surface area contributed by atoms with Crippen molar-refractivity contribution in [3.8, 4) is 0 Å². The summed E-state index contributed by atoms with van der Waals surface area (Å²) in [6.07, 6.45) is 7.98. The van der Waals surface area contributed by atoms with Crippen LogP contribution in [-0.4, -0.2) is 55.6 Å². The molecule has 0 radical (unpaired) electrons. The Morgan fingerprint density at radius 2 is 1.57 bits per heavy atom. The first-order valence-corrected chi connectivity index (χ1v) is 9.64. The molecule has 3 nitrogen and oxygen atoms in total. The molecule has 126 valence electrons. The third-order valence-electron chi connectivity index (χ3n) is 6.28. The minimum absolute atomic E-state index is 0.260. The highest BCUT2D eigenvalue weighted by molar-refractivity contribution is 5.36. The Kier molecular flexibility index (Phi) is 4.70. The molecule has 1 aromatic carbocycles. The monoisotopic (exact) mass is 313 g/mol. The molecular formula is C20H31N3. The fourth-order valence-corrected chi connectivity index (χ4v) is 4.81. The number of rotatable bonds is 3. The van der Waals surface area contributed by atoms with Gasteiger partial charge in [-0.25, -0.2) is 0 Å². The van der Waals surface area contributed by atoms with Gasteiger partial charge in [0, 0.05) is 38.3 Å². The van der Waals surface area contributed by atoms with E-state index in [1.54, 1.807) is 11.1 Å². The van der Waals surface area contributed by atoms with Crippen molar-refractivity contribution in [2.45, 2.75) is 44.1 Å². The van der Waals surface area contributed by atoms with Crippen LogP contribution in [0.4, 0.5) is 0 Å². The Hall–Kier alpha value is -0.900. The molecule has 1 N–H and O–H groups in total. The van der Waals surface area contributed by atoms with Gasteiger partial charge < -0.3 is 15.1 Å². The number of piperidine rings is 2. The Bertz CT molecular complexity index is 513. The van der Waals surface area contributed by atoms with Crippen LogP contribution in [0, 0.1) is 0 Å². The third-order valence-corrected chi connectivity index (χ3v) is 6.28. The van der Waals surface area contributed by atoms with Gasteiger partial charge in [-0.2, -0.15) is 0 Å². The van der Waals surface area contributed by atoms with Gasteiger partial charge in [0.25, 0.3) is 0 Å². The van der Waals surface area contributed by atoms with Crippen molar-refractivity contribution in [1.29, 1.82) is 0 Å². The predicted molar refractivity (Wildman–Crippen MR) is 95.8 cm³/mol. The van der Waals surface area contributed by atoms with Crippen molar-refractivity contribution >= 4 is 0 Å². The van der Waals surface area contributed by atoms with Gasteiger partial charge in [0.2, 0.25) is 0 Å². The van der Waals surface area contributed by atoms with Gasteiger partial charge in [0.1, 0.15) is 0 Å². The number of nitrogens with one attached hydrogen (secondary N) is 1. The van der Waals surface area contributed by atoms with Crippen molar-refractivity contribution in [3.05, 3.63) is 35.4 Å². The Labute approximate surface area is 141 Å². The van der Waals surface area contributed by atoms with Crippen LogP contribution in [0.5, 0.6) is 0 Å². The molecule has 3 aliphatic heterocycles. The van der Waals surface area contributed by atoms with Gasteiger partial charge >= 0.3 is 0 Å². The fourth-order valence-electron chi connectivity index (χ4n) is 4.81. The standard InChI is InChI=1S/C20H31N3/c1-4-12-22(13-5-1)16-17-23-14-9-20(10-15-23)19-7-3-2-6-18(19)8-11-21-20/h2-3,6-7,21H,1,4-5,8-17H2. The molecule has 23 heavy (non-hydrogen) atoms. The molecular weight excluding hydrogens is 282 g/mol. The summed E-state index contributed by atoms with van der Waals surface area (Å²) < 4.78 is 0. The first-order chi connectivity index (χ1) is 11.4. The van der Waals surface area contributed by atoms with Gasteiger partial charge in [-0.1, -0.05) is 30.7 Å². The highest BCUT2D eigenvalue weighted by atomic mass is 15.2. The summed E-state index contributed by atoms with van der Waals surface area (Å²) in [7, 11) is 0. The smallest absolute Gasteiger partial charge is 0.0461 e. The van der Waals surface area contributed by atoms with Gasteiger partial charge in [-0.15, -0.1) is 0 Å². The number of likely N-dealkylation sites (tertiary alicyclic amines) is 2. The Balaban J connectivity index is 1.34. The predicted octanol–water partition coefficient (Wildman–Crippen LogP) is 2.61. The first-order valence-electron chi connectivity index (χ1n) is 9.64. The average molecular weight is 313 g/mol. The molecule has 2 saturated heterocycles. The molecule has 0 atom stereocenters. The summed E-state index contributed by atoms with van der Waals surface area (Å²) in [6, 6.07) is 9.12. The molecule has 0 aromatic heterocycles. The fraction of sp³-hybridized carbons (Fsp3) is 0.700. The van der Waals surface area contributed by atoms with E-state index in [-0.39, 0.29) is 5.54 Å². The zero-order valence-electron chi connectivity index (χ0n) is 14.4. The number of benzene rings is 1.